The van der Waals surface area contributed by atoms with Crippen LogP contribution in [0.25, 0.3) is 0 Å². The number of aliphatic hydroxyl groups is 1. The molecular formula is C39H79N2O6P. The van der Waals surface area contributed by atoms with E-state index in [0.717, 1.165) is 38.5 Å². The van der Waals surface area contributed by atoms with Gasteiger partial charge in [-0.15, -0.1) is 0 Å². The van der Waals surface area contributed by atoms with Crippen molar-refractivity contribution in [3.63, 3.8) is 0 Å². The van der Waals surface area contributed by atoms with Crippen molar-refractivity contribution in [1.82, 2.24) is 5.32 Å². The molecule has 0 aromatic carbocycles. The lowest BCUT2D eigenvalue weighted by Gasteiger charge is -2.25. The molecular weight excluding hydrogens is 623 g/mol. The molecule has 0 aliphatic heterocycles. The Morgan fingerprint density at radius 3 is 1.54 bits per heavy atom. The van der Waals surface area contributed by atoms with Crippen LogP contribution in [0.1, 0.15) is 200 Å². The second-order valence-electron chi connectivity index (χ2n) is 13.8. The van der Waals surface area contributed by atoms with Gasteiger partial charge in [-0.3, -0.25) is 13.8 Å². The molecule has 1 amide bonds. The first kappa shape index (κ1) is 47.2. The summed E-state index contributed by atoms with van der Waals surface area (Å²) in [6.07, 6.45) is 37.9. The van der Waals surface area contributed by atoms with E-state index in [0.29, 0.717) is 12.8 Å². The highest BCUT2D eigenvalue weighted by molar-refractivity contribution is 7.47. The lowest BCUT2D eigenvalue weighted by atomic mass is 10.0. The summed E-state index contributed by atoms with van der Waals surface area (Å²) in [6, 6.07) is -0.770. The number of phosphoric ester groups is 1. The Labute approximate surface area is 296 Å². The molecule has 0 heterocycles. The first-order chi connectivity index (χ1) is 23.4. The van der Waals surface area contributed by atoms with Crippen LogP contribution in [0.5, 0.6) is 0 Å². The number of hydrogen-bond donors (Lipinski definition) is 4. The van der Waals surface area contributed by atoms with Gasteiger partial charge in [0.15, 0.2) is 0 Å². The standard InChI is InChI=1S/C39H79N2O6P/c1-3-5-7-9-11-13-15-16-17-18-19-20-21-22-23-25-27-29-31-33-39(43)41-37(36-47-48(44,45)46-35-34-40)38(42)32-30-28-26-24-14-12-10-8-6-4-2/h16-17,37-38,42H,3-15,18-36,40H2,1-2H3,(H,41,43)(H,44,45)/b17-16-. The maximum Gasteiger partial charge on any atom is 0.472 e. The summed E-state index contributed by atoms with van der Waals surface area (Å²) in [5.74, 6) is -0.164. The minimum atomic E-state index is -4.30. The van der Waals surface area contributed by atoms with E-state index in [2.05, 4.69) is 31.3 Å². The normalized spacial score (nSPS) is 14.4. The monoisotopic (exact) mass is 703 g/mol. The van der Waals surface area contributed by atoms with Crippen LogP contribution in [-0.4, -0.2) is 47.8 Å². The average molecular weight is 703 g/mol. The smallest absolute Gasteiger partial charge is 0.391 e. The molecule has 0 aromatic rings. The second-order valence-corrected chi connectivity index (χ2v) is 15.3. The zero-order valence-corrected chi connectivity index (χ0v) is 32.4. The molecule has 0 saturated carbocycles. The maximum absolute atomic E-state index is 12.7. The highest BCUT2D eigenvalue weighted by Crippen LogP contribution is 2.43. The number of nitrogens with two attached hydrogens (primary N) is 1. The number of allylic oxidation sites excluding steroid dienone is 2. The van der Waals surface area contributed by atoms with Gasteiger partial charge in [0.2, 0.25) is 5.91 Å². The third-order valence-corrected chi connectivity index (χ3v) is 10.1. The number of nitrogens with one attached hydrogen (secondary N) is 1. The first-order valence-electron chi connectivity index (χ1n) is 20.3. The Bertz CT molecular complexity index is 769. The van der Waals surface area contributed by atoms with Crippen LogP contribution >= 0.6 is 7.82 Å². The molecule has 0 fully saturated rings. The van der Waals surface area contributed by atoms with Crippen molar-refractivity contribution in [1.29, 1.82) is 0 Å². The first-order valence-corrected chi connectivity index (χ1v) is 21.8. The van der Waals surface area contributed by atoms with Crippen LogP contribution in [0, 0.1) is 0 Å². The molecule has 0 bridgehead atoms. The molecule has 8 nitrogen and oxygen atoms in total. The van der Waals surface area contributed by atoms with E-state index in [-0.39, 0.29) is 25.7 Å². The molecule has 9 heteroatoms. The van der Waals surface area contributed by atoms with E-state index in [9.17, 15) is 19.4 Å². The summed E-state index contributed by atoms with van der Waals surface area (Å²) in [4.78, 5) is 22.6. The van der Waals surface area contributed by atoms with Gasteiger partial charge in [0.25, 0.3) is 0 Å². The SMILES string of the molecule is CCCCCCCC/C=C\CCCCCCCCCCCC(=O)NC(COP(=O)(O)OCCN)C(O)CCCCCCCCCCCC. The van der Waals surface area contributed by atoms with Crippen LogP contribution in [0.3, 0.4) is 0 Å². The fourth-order valence-electron chi connectivity index (χ4n) is 6.01. The van der Waals surface area contributed by atoms with Gasteiger partial charge in [0.05, 0.1) is 25.4 Å². The summed E-state index contributed by atoms with van der Waals surface area (Å²) in [7, 11) is -4.30. The third kappa shape index (κ3) is 33.7. The predicted octanol–water partition coefficient (Wildman–Crippen LogP) is 10.8. The summed E-state index contributed by atoms with van der Waals surface area (Å²) in [5.41, 5.74) is 5.36. The number of rotatable bonds is 38. The minimum absolute atomic E-state index is 0.0900. The number of amides is 1. The maximum atomic E-state index is 12.7. The van der Waals surface area contributed by atoms with Gasteiger partial charge in [-0.25, -0.2) is 4.57 Å². The fourth-order valence-corrected chi connectivity index (χ4v) is 6.77. The highest BCUT2D eigenvalue weighted by atomic mass is 31.2. The number of hydrogen-bond acceptors (Lipinski definition) is 6. The van der Waals surface area contributed by atoms with Gasteiger partial charge >= 0.3 is 7.82 Å². The number of phosphoric acid groups is 1. The molecule has 0 aliphatic rings. The van der Waals surface area contributed by atoms with Crippen molar-refractivity contribution in [3.05, 3.63) is 12.2 Å². The lowest BCUT2D eigenvalue weighted by molar-refractivity contribution is -0.123. The number of carbonyl (C=O) groups is 1. The Balaban J connectivity index is 4.11. The molecule has 0 rings (SSSR count). The summed E-state index contributed by atoms with van der Waals surface area (Å²) in [6.45, 7) is 4.19. The van der Waals surface area contributed by atoms with Gasteiger partial charge in [0, 0.05) is 13.0 Å². The average Bonchev–Trinajstić information content (AvgIpc) is 3.07. The summed E-state index contributed by atoms with van der Waals surface area (Å²) in [5, 5.41) is 13.7. The third-order valence-electron chi connectivity index (χ3n) is 9.12. The molecule has 5 N–H and O–H groups in total. The van der Waals surface area contributed by atoms with Gasteiger partial charge < -0.3 is 21.1 Å². The summed E-state index contributed by atoms with van der Waals surface area (Å²) < 4.78 is 22.1. The molecule has 0 aliphatic carbocycles. The highest BCUT2D eigenvalue weighted by Gasteiger charge is 2.27. The van der Waals surface area contributed by atoms with Crippen molar-refractivity contribution in [2.75, 3.05) is 19.8 Å². The molecule has 286 valence electrons. The topological polar surface area (TPSA) is 131 Å². The van der Waals surface area contributed by atoms with Gasteiger partial charge in [0.1, 0.15) is 0 Å². The van der Waals surface area contributed by atoms with Gasteiger partial charge in [-0.05, 0) is 38.5 Å². The fraction of sp³-hybridized carbons (Fsp3) is 0.923. The Morgan fingerprint density at radius 2 is 1.08 bits per heavy atom. The van der Waals surface area contributed by atoms with Gasteiger partial charge in [-0.2, -0.15) is 0 Å². The predicted molar refractivity (Wildman–Crippen MR) is 203 cm³/mol. The van der Waals surface area contributed by atoms with Crippen LogP contribution in [0.15, 0.2) is 12.2 Å². The molecule has 0 saturated heterocycles. The van der Waals surface area contributed by atoms with Gasteiger partial charge in [-0.1, -0.05) is 167 Å². The summed E-state index contributed by atoms with van der Waals surface area (Å²) >= 11 is 0. The Kier molecular flexibility index (Phi) is 35.5. The van der Waals surface area contributed by atoms with Crippen molar-refractivity contribution in [3.8, 4) is 0 Å². The number of aliphatic hydroxyl groups excluding tert-OH is 1. The van der Waals surface area contributed by atoms with E-state index in [1.165, 1.54) is 135 Å². The van der Waals surface area contributed by atoms with Crippen LogP contribution in [-0.2, 0) is 18.4 Å². The van der Waals surface area contributed by atoms with Crippen molar-refractivity contribution in [2.24, 2.45) is 5.73 Å². The molecule has 0 spiro atoms. The Hall–Kier alpha value is -0.760. The number of carbonyl (C=O) groups excluding carboxylic acids is 1. The zero-order valence-electron chi connectivity index (χ0n) is 31.5. The van der Waals surface area contributed by atoms with Crippen molar-refractivity contribution in [2.45, 2.75) is 212 Å². The molecule has 0 radical (unpaired) electrons. The van der Waals surface area contributed by atoms with Crippen LogP contribution in [0.2, 0.25) is 0 Å². The van der Waals surface area contributed by atoms with Crippen molar-refractivity contribution >= 4 is 13.7 Å². The van der Waals surface area contributed by atoms with E-state index in [1.807, 2.05) is 0 Å². The van der Waals surface area contributed by atoms with E-state index in [4.69, 9.17) is 14.8 Å². The van der Waals surface area contributed by atoms with E-state index >= 15 is 0 Å². The largest absolute Gasteiger partial charge is 0.472 e. The number of unbranched alkanes of at least 4 members (excludes halogenated alkanes) is 24. The van der Waals surface area contributed by atoms with E-state index < -0.39 is 20.0 Å². The lowest BCUT2D eigenvalue weighted by Crippen LogP contribution is -2.46. The Morgan fingerprint density at radius 1 is 0.667 bits per heavy atom. The quantitative estimate of drug-likeness (QED) is 0.0286. The molecule has 0 aromatic heterocycles. The molecule has 48 heavy (non-hydrogen) atoms. The molecule has 3 atom stereocenters. The van der Waals surface area contributed by atoms with Crippen LogP contribution < -0.4 is 11.1 Å². The minimum Gasteiger partial charge on any atom is -0.391 e. The van der Waals surface area contributed by atoms with E-state index in [1.54, 1.807) is 0 Å². The van der Waals surface area contributed by atoms with Crippen LogP contribution in [0.4, 0.5) is 0 Å². The van der Waals surface area contributed by atoms with Crippen molar-refractivity contribution < 1.29 is 28.4 Å². The zero-order chi connectivity index (χ0) is 35.4. The molecule has 3 unspecified atom stereocenters. The second kappa shape index (κ2) is 36.0.